The summed E-state index contributed by atoms with van der Waals surface area (Å²) in [7, 11) is 0. The molecule has 0 unspecified atom stereocenters. The topological polar surface area (TPSA) is 34.1 Å². The molecule has 2 rings (SSSR count). The van der Waals surface area contributed by atoms with Gasteiger partial charge in [0.2, 0.25) is 5.88 Å². The minimum Gasteiger partial charge on any atom is -0.478 e. The lowest BCUT2D eigenvalue weighted by Crippen LogP contribution is -2.15. The molecule has 1 N–H and O–H groups in total. The summed E-state index contributed by atoms with van der Waals surface area (Å²) in [5.74, 6) is 0.743. The molecule has 0 amide bonds. The highest BCUT2D eigenvalue weighted by molar-refractivity contribution is 5.20. The molecule has 1 saturated carbocycles. The molecule has 3 heteroatoms. The maximum Gasteiger partial charge on any atom is 0.213 e. The predicted molar refractivity (Wildman–Crippen MR) is 59.9 cm³/mol. The minimum absolute atomic E-state index is 0.743. The first-order valence-corrected chi connectivity index (χ1v) is 5.69. The van der Waals surface area contributed by atoms with Crippen LogP contribution in [-0.4, -0.2) is 17.6 Å². The van der Waals surface area contributed by atoms with Crippen molar-refractivity contribution in [1.82, 2.24) is 10.3 Å². The largest absolute Gasteiger partial charge is 0.478 e. The van der Waals surface area contributed by atoms with Gasteiger partial charge in [-0.3, -0.25) is 0 Å². The first-order valence-electron chi connectivity index (χ1n) is 5.69. The van der Waals surface area contributed by atoms with Crippen LogP contribution in [-0.2, 0) is 6.54 Å². The summed E-state index contributed by atoms with van der Waals surface area (Å²) in [4.78, 5) is 4.17. The van der Waals surface area contributed by atoms with Crippen LogP contribution < -0.4 is 10.1 Å². The molecule has 0 spiro atoms. The fourth-order valence-electron chi connectivity index (χ4n) is 1.40. The van der Waals surface area contributed by atoms with E-state index >= 15 is 0 Å². The Kier molecular flexibility index (Phi) is 3.56. The normalized spacial score (nSPS) is 15.3. The molecule has 0 aromatic carbocycles. The lowest BCUT2D eigenvalue weighted by atomic mass is 10.2. The standard InChI is InChI=1S/C12H18N2O/c1-2-7-15-12-8-10(5-6-13-12)9-14-11-3-4-11/h5-6,8,11,14H,2-4,7,9H2,1H3. The summed E-state index contributed by atoms with van der Waals surface area (Å²) in [6, 6.07) is 4.80. The summed E-state index contributed by atoms with van der Waals surface area (Å²) < 4.78 is 5.48. The predicted octanol–water partition coefficient (Wildman–Crippen LogP) is 2.12. The van der Waals surface area contributed by atoms with Crippen LogP contribution in [0.15, 0.2) is 18.3 Å². The number of hydrogen-bond donors (Lipinski definition) is 1. The Morgan fingerprint density at radius 2 is 2.40 bits per heavy atom. The summed E-state index contributed by atoms with van der Waals surface area (Å²) in [5, 5.41) is 3.47. The molecule has 0 saturated heterocycles. The van der Waals surface area contributed by atoms with Crippen LogP contribution in [0.1, 0.15) is 31.7 Å². The molecule has 0 bridgehead atoms. The van der Waals surface area contributed by atoms with Crippen molar-refractivity contribution in [3.05, 3.63) is 23.9 Å². The SMILES string of the molecule is CCCOc1cc(CNC2CC2)ccn1. The third-order valence-corrected chi connectivity index (χ3v) is 2.43. The first-order chi connectivity index (χ1) is 7.38. The fourth-order valence-corrected chi connectivity index (χ4v) is 1.40. The average Bonchev–Trinajstić information content (AvgIpc) is 3.08. The Balaban J connectivity index is 1.85. The highest BCUT2D eigenvalue weighted by atomic mass is 16.5. The molecule has 3 nitrogen and oxygen atoms in total. The minimum atomic E-state index is 0.743. The van der Waals surface area contributed by atoms with Gasteiger partial charge in [-0.15, -0.1) is 0 Å². The van der Waals surface area contributed by atoms with Gasteiger partial charge < -0.3 is 10.1 Å². The summed E-state index contributed by atoms with van der Waals surface area (Å²) in [6.45, 7) is 3.76. The van der Waals surface area contributed by atoms with Crippen LogP contribution in [0.3, 0.4) is 0 Å². The smallest absolute Gasteiger partial charge is 0.213 e. The number of rotatable bonds is 6. The maximum atomic E-state index is 5.48. The van der Waals surface area contributed by atoms with E-state index in [0.717, 1.165) is 31.5 Å². The molecule has 1 aromatic rings. The molecule has 15 heavy (non-hydrogen) atoms. The highest BCUT2D eigenvalue weighted by Gasteiger charge is 2.19. The zero-order chi connectivity index (χ0) is 10.5. The second-order valence-corrected chi connectivity index (χ2v) is 4.01. The van der Waals surface area contributed by atoms with Gasteiger partial charge in [-0.2, -0.15) is 0 Å². The van der Waals surface area contributed by atoms with Gasteiger partial charge in [0, 0.05) is 24.8 Å². The zero-order valence-corrected chi connectivity index (χ0v) is 9.20. The maximum absolute atomic E-state index is 5.48. The van der Waals surface area contributed by atoms with E-state index in [-0.39, 0.29) is 0 Å². The van der Waals surface area contributed by atoms with Crippen molar-refractivity contribution in [2.75, 3.05) is 6.61 Å². The average molecular weight is 206 g/mol. The van der Waals surface area contributed by atoms with Gasteiger partial charge in [-0.05, 0) is 30.9 Å². The fraction of sp³-hybridized carbons (Fsp3) is 0.583. The molecule has 1 aliphatic carbocycles. The number of nitrogens with one attached hydrogen (secondary N) is 1. The van der Waals surface area contributed by atoms with Crippen LogP contribution in [0.2, 0.25) is 0 Å². The molecule has 1 heterocycles. The lowest BCUT2D eigenvalue weighted by molar-refractivity contribution is 0.305. The van der Waals surface area contributed by atoms with Crippen LogP contribution in [0.25, 0.3) is 0 Å². The van der Waals surface area contributed by atoms with Crippen molar-refractivity contribution in [2.45, 2.75) is 38.8 Å². The highest BCUT2D eigenvalue weighted by Crippen LogP contribution is 2.19. The quantitative estimate of drug-likeness (QED) is 0.774. The van der Waals surface area contributed by atoms with E-state index in [1.807, 2.05) is 18.3 Å². The van der Waals surface area contributed by atoms with Crippen molar-refractivity contribution >= 4 is 0 Å². The van der Waals surface area contributed by atoms with E-state index in [2.05, 4.69) is 17.2 Å². The third kappa shape index (κ3) is 3.51. The summed E-state index contributed by atoms with van der Waals surface area (Å²) in [5.41, 5.74) is 1.25. The van der Waals surface area contributed by atoms with Crippen molar-refractivity contribution < 1.29 is 4.74 Å². The Morgan fingerprint density at radius 1 is 1.53 bits per heavy atom. The van der Waals surface area contributed by atoms with Crippen molar-refractivity contribution in [3.63, 3.8) is 0 Å². The van der Waals surface area contributed by atoms with Crippen molar-refractivity contribution in [1.29, 1.82) is 0 Å². The van der Waals surface area contributed by atoms with Gasteiger partial charge in [0.1, 0.15) is 0 Å². The zero-order valence-electron chi connectivity index (χ0n) is 9.20. The molecule has 1 aromatic heterocycles. The second-order valence-electron chi connectivity index (χ2n) is 4.01. The Morgan fingerprint density at radius 3 is 3.13 bits per heavy atom. The van der Waals surface area contributed by atoms with E-state index in [4.69, 9.17) is 4.74 Å². The van der Waals surface area contributed by atoms with E-state index in [1.54, 1.807) is 0 Å². The molecule has 0 aliphatic heterocycles. The van der Waals surface area contributed by atoms with Crippen LogP contribution in [0.5, 0.6) is 5.88 Å². The van der Waals surface area contributed by atoms with Gasteiger partial charge in [0.25, 0.3) is 0 Å². The Hall–Kier alpha value is -1.09. The molecular formula is C12H18N2O. The van der Waals surface area contributed by atoms with Gasteiger partial charge in [-0.1, -0.05) is 6.92 Å². The van der Waals surface area contributed by atoms with Crippen LogP contribution >= 0.6 is 0 Å². The number of nitrogens with zero attached hydrogens (tertiary/aromatic N) is 1. The van der Waals surface area contributed by atoms with Crippen molar-refractivity contribution in [3.8, 4) is 5.88 Å². The first kappa shape index (κ1) is 10.4. The lowest BCUT2D eigenvalue weighted by Gasteiger charge is -2.06. The molecule has 0 atom stereocenters. The summed E-state index contributed by atoms with van der Waals surface area (Å²) >= 11 is 0. The van der Waals surface area contributed by atoms with E-state index in [9.17, 15) is 0 Å². The van der Waals surface area contributed by atoms with E-state index in [0.29, 0.717) is 0 Å². The summed E-state index contributed by atoms with van der Waals surface area (Å²) in [6.07, 6.45) is 5.48. The van der Waals surface area contributed by atoms with Gasteiger partial charge >= 0.3 is 0 Å². The van der Waals surface area contributed by atoms with Crippen LogP contribution in [0.4, 0.5) is 0 Å². The van der Waals surface area contributed by atoms with Gasteiger partial charge in [0.15, 0.2) is 0 Å². The van der Waals surface area contributed by atoms with Crippen LogP contribution in [0, 0.1) is 0 Å². The third-order valence-electron chi connectivity index (χ3n) is 2.43. The Bertz CT molecular complexity index is 310. The van der Waals surface area contributed by atoms with E-state index in [1.165, 1.54) is 18.4 Å². The monoisotopic (exact) mass is 206 g/mol. The second kappa shape index (κ2) is 5.12. The van der Waals surface area contributed by atoms with Gasteiger partial charge in [-0.25, -0.2) is 4.98 Å². The molecule has 1 aliphatic rings. The number of pyridine rings is 1. The van der Waals surface area contributed by atoms with E-state index < -0.39 is 0 Å². The number of hydrogen-bond acceptors (Lipinski definition) is 3. The molecular weight excluding hydrogens is 188 g/mol. The number of aromatic nitrogens is 1. The Labute approximate surface area is 90.9 Å². The molecule has 1 fully saturated rings. The van der Waals surface area contributed by atoms with Gasteiger partial charge in [0.05, 0.1) is 6.61 Å². The molecule has 82 valence electrons. The molecule has 0 radical (unpaired) electrons. The van der Waals surface area contributed by atoms with Crippen molar-refractivity contribution in [2.24, 2.45) is 0 Å². The number of ether oxygens (including phenoxy) is 1.